The van der Waals surface area contributed by atoms with Crippen LogP contribution in [0.2, 0.25) is 0 Å². The second kappa shape index (κ2) is 9.07. The minimum Gasteiger partial charge on any atom is -0.465 e. The van der Waals surface area contributed by atoms with Crippen LogP contribution in [-0.2, 0) is 11.2 Å². The van der Waals surface area contributed by atoms with Crippen molar-refractivity contribution in [3.63, 3.8) is 0 Å². The fourth-order valence-corrected chi connectivity index (χ4v) is 3.28. The summed E-state index contributed by atoms with van der Waals surface area (Å²) in [6.07, 6.45) is 3.02. The van der Waals surface area contributed by atoms with Gasteiger partial charge < -0.3 is 9.64 Å². The summed E-state index contributed by atoms with van der Waals surface area (Å²) in [6.45, 7) is 1.25. The van der Waals surface area contributed by atoms with Crippen LogP contribution in [0.4, 0.5) is 23.2 Å². The van der Waals surface area contributed by atoms with Gasteiger partial charge in [-0.1, -0.05) is 30.3 Å². The summed E-state index contributed by atoms with van der Waals surface area (Å²) in [5.41, 5.74) is -1.67. The molecule has 8 heteroatoms. The minimum atomic E-state index is -1.83. The van der Waals surface area contributed by atoms with Gasteiger partial charge in [-0.3, -0.25) is 0 Å². The molecule has 3 rings (SSSR count). The molecule has 0 saturated carbocycles. The summed E-state index contributed by atoms with van der Waals surface area (Å²) in [5, 5.41) is 0. The van der Waals surface area contributed by atoms with E-state index in [0.717, 1.165) is 31.9 Å². The molecule has 2 aromatic carbocycles. The SMILES string of the molecule is COC(=O)c1c(F)c(F)c(N=C(Cc2ccccc2)N2CCCCC2)c(F)c1F. The van der Waals surface area contributed by atoms with Crippen LogP contribution in [0.5, 0.6) is 0 Å². The molecule has 2 aromatic rings. The molecule has 0 amide bonds. The maximum Gasteiger partial charge on any atom is 0.344 e. The van der Waals surface area contributed by atoms with Crippen molar-refractivity contribution in [3.05, 3.63) is 64.7 Å². The number of methoxy groups -OCH3 is 1. The lowest BCUT2D eigenvalue weighted by atomic mass is 10.1. The van der Waals surface area contributed by atoms with Gasteiger partial charge >= 0.3 is 5.97 Å². The zero-order valence-corrected chi connectivity index (χ0v) is 15.9. The molecule has 1 aliphatic rings. The minimum absolute atomic E-state index is 0.238. The predicted octanol–water partition coefficient (Wildman–Crippen LogP) is 4.79. The third-order valence-corrected chi connectivity index (χ3v) is 4.80. The molecule has 1 saturated heterocycles. The number of aliphatic imine (C=N–C) groups is 1. The maximum absolute atomic E-state index is 14.6. The Morgan fingerprint density at radius 1 is 0.966 bits per heavy atom. The van der Waals surface area contributed by atoms with E-state index in [4.69, 9.17) is 0 Å². The van der Waals surface area contributed by atoms with E-state index in [2.05, 4.69) is 9.73 Å². The molecule has 0 radical (unpaired) electrons. The molecule has 1 fully saturated rings. The lowest BCUT2D eigenvalue weighted by Crippen LogP contribution is -2.36. The smallest absolute Gasteiger partial charge is 0.344 e. The third-order valence-electron chi connectivity index (χ3n) is 4.80. The van der Waals surface area contributed by atoms with Gasteiger partial charge in [0.05, 0.1) is 7.11 Å². The molecule has 29 heavy (non-hydrogen) atoms. The Kier molecular flexibility index (Phi) is 6.51. The van der Waals surface area contributed by atoms with Crippen LogP contribution in [0.1, 0.15) is 35.2 Å². The average molecular weight is 408 g/mol. The number of nitrogens with zero attached hydrogens (tertiary/aromatic N) is 2. The van der Waals surface area contributed by atoms with Crippen molar-refractivity contribution in [2.45, 2.75) is 25.7 Å². The van der Waals surface area contributed by atoms with E-state index >= 15 is 0 Å². The monoisotopic (exact) mass is 408 g/mol. The summed E-state index contributed by atoms with van der Waals surface area (Å²) in [4.78, 5) is 17.3. The van der Waals surface area contributed by atoms with Crippen LogP contribution in [0.15, 0.2) is 35.3 Å². The molecule has 0 spiro atoms. The number of amidine groups is 1. The standard InChI is InChI=1S/C21H20F4N2O2/c1-29-21(28)15-16(22)18(24)20(19(25)17(15)23)26-14(27-10-6-3-7-11-27)12-13-8-4-2-5-9-13/h2,4-5,8-9H,3,6-7,10-12H2,1H3. The molecule has 0 unspecified atom stereocenters. The molecular formula is C21H20F4N2O2. The largest absolute Gasteiger partial charge is 0.465 e. The third kappa shape index (κ3) is 4.41. The van der Waals surface area contributed by atoms with Gasteiger partial charge in [0.1, 0.15) is 17.1 Å². The van der Waals surface area contributed by atoms with Crippen molar-refractivity contribution in [2.75, 3.05) is 20.2 Å². The van der Waals surface area contributed by atoms with Gasteiger partial charge in [-0.2, -0.15) is 0 Å². The molecule has 0 N–H and O–H groups in total. The molecule has 1 heterocycles. The average Bonchev–Trinajstić information content (AvgIpc) is 2.75. The van der Waals surface area contributed by atoms with Crippen LogP contribution < -0.4 is 0 Å². The maximum atomic E-state index is 14.6. The van der Waals surface area contributed by atoms with Crippen LogP contribution in [0.3, 0.4) is 0 Å². The van der Waals surface area contributed by atoms with Crippen molar-refractivity contribution in [1.82, 2.24) is 4.90 Å². The number of ether oxygens (including phenoxy) is 1. The number of benzene rings is 2. The van der Waals surface area contributed by atoms with E-state index in [0.29, 0.717) is 18.9 Å². The van der Waals surface area contributed by atoms with Crippen LogP contribution in [0.25, 0.3) is 0 Å². The number of likely N-dealkylation sites (tertiary alicyclic amines) is 1. The number of hydrogen-bond donors (Lipinski definition) is 0. The summed E-state index contributed by atoms with van der Waals surface area (Å²) < 4.78 is 61.9. The number of halogens is 4. The Labute approximate surface area is 165 Å². The first-order valence-corrected chi connectivity index (χ1v) is 9.24. The topological polar surface area (TPSA) is 41.9 Å². The van der Waals surface area contributed by atoms with Crippen molar-refractivity contribution in [2.24, 2.45) is 4.99 Å². The molecule has 0 bridgehead atoms. The zero-order valence-electron chi connectivity index (χ0n) is 15.9. The molecule has 0 aromatic heterocycles. The lowest BCUT2D eigenvalue weighted by molar-refractivity contribution is 0.0587. The Morgan fingerprint density at radius 3 is 2.10 bits per heavy atom. The van der Waals surface area contributed by atoms with E-state index in [-0.39, 0.29) is 6.42 Å². The first kappa shape index (κ1) is 20.8. The van der Waals surface area contributed by atoms with Crippen molar-refractivity contribution in [3.8, 4) is 0 Å². The fraction of sp³-hybridized carbons (Fsp3) is 0.333. The molecule has 0 aliphatic carbocycles. The molecule has 4 nitrogen and oxygen atoms in total. The summed E-state index contributed by atoms with van der Waals surface area (Å²) in [7, 11) is 0.859. The van der Waals surface area contributed by atoms with Gasteiger partial charge in [0.2, 0.25) is 0 Å². The fourth-order valence-electron chi connectivity index (χ4n) is 3.28. The lowest BCUT2D eigenvalue weighted by Gasteiger charge is -2.30. The van der Waals surface area contributed by atoms with Gasteiger partial charge in [0.25, 0.3) is 0 Å². The Bertz CT molecular complexity index is 897. The Balaban J connectivity index is 2.10. The van der Waals surface area contributed by atoms with Crippen LogP contribution >= 0.6 is 0 Å². The van der Waals surface area contributed by atoms with Crippen molar-refractivity contribution >= 4 is 17.5 Å². The van der Waals surface area contributed by atoms with Crippen LogP contribution in [0, 0.1) is 23.3 Å². The number of carbonyl (C=O) groups excluding carboxylic acids is 1. The predicted molar refractivity (Wildman–Crippen MR) is 100 cm³/mol. The highest BCUT2D eigenvalue weighted by Gasteiger charge is 2.30. The Hall–Kier alpha value is -2.90. The second-order valence-corrected chi connectivity index (χ2v) is 6.71. The summed E-state index contributed by atoms with van der Waals surface area (Å²) >= 11 is 0. The molecule has 154 valence electrons. The highest BCUT2D eigenvalue weighted by atomic mass is 19.2. The van der Waals surface area contributed by atoms with E-state index in [9.17, 15) is 22.4 Å². The van der Waals surface area contributed by atoms with Crippen molar-refractivity contribution < 1.29 is 27.1 Å². The summed E-state index contributed by atoms with van der Waals surface area (Å²) in [6, 6.07) is 9.11. The van der Waals surface area contributed by atoms with E-state index in [1.165, 1.54) is 0 Å². The normalized spacial score (nSPS) is 14.8. The summed E-state index contributed by atoms with van der Waals surface area (Å²) in [5.74, 6) is -8.31. The Morgan fingerprint density at radius 2 is 1.55 bits per heavy atom. The first-order valence-electron chi connectivity index (χ1n) is 9.24. The number of piperidine rings is 1. The van der Waals surface area contributed by atoms with E-state index < -0.39 is 40.5 Å². The van der Waals surface area contributed by atoms with Crippen molar-refractivity contribution in [1.29, 1.82) is 0 Å². The highest BCUT2D eigenvalue weighted by Crippen LogP contribution is 2.31. The van der Waals surface area contributed by atoms with E-state index in [1.54, 1.807) is 0 Å². The zero-order chi connectivity index (χ0) is 21.0. The quantitative estimate of drug-likeness (QED) is 0.240. The number of carbonyl (C=O) groups is 1. The highest BCUT2D eigenvalue weighted by molar-refractivity contribution is 5.91. The molecule has 0 atom stereocenters. The van der Waals surface area contributed by atoms with Gasteiger partial charge in [-0.25, -0.2) is 27.3 Å². The molecular weight excluding hydrogens is 388 g/mol. The van der Waals surface area contributed by atoms with E-state index in [1.807, 2.05) is 35.2 Å². The van der Waals surface area contributed by atoms with Gasteiger partial charge in [0.15, 0.2) is 23.3 Å². The van der Waals surface area contributed by atoms with Crippen LogP contribution in [-0.4, -0.2) is 36.9 Å². The van der Waals surface area contributed by atoms with Gasteiger partial charge in [-0.15, -0.1) is 0 Å². The number of esters is 1. The number of rotatable bonds is 4. The number of hydrogen-bond acceptors (Lipinski definition) is 3. The van der Waals surface area contributed by atoms with Gasteiger partial charge in [0, 0.05) is 19.5 Å². The second-order valence-electron chi connectivity index (χ2n) is 6.71. The molecule has 1 aliphatic heterocycles. The van der Waals surface area contributed by atoms with Gasteiger partial charge in [-0.05, 0) is 24.8 Å². The first-order chi connectivity index (χ1) is 13.9.